The van der Waals surface area contributed by atoms with Crippen LogP contribution in [0.3, 0.4) is 0 Å². The zero-order valence-electron chi connectivity index (χ0n) is 7.40. The maximum absolute atomic E-state index is 10.7. The summed E-state index contributed by atoms with van der Waals surface area (Å²) < 4.78 is 2.52. The SMILES string of the molecule is Cn1cnc(C=O)c1-c1ccc(Cl)s1. The Labute approximate surface area is 90.0 Å². The van der Waals surface area contributed by atoms with E-state index in [0.29, 0.717) is 10.0 Å². The van der Waals surface area contributed by atoms with Crippen molar-refractivity contribution in [1.82, 2.24) is 9.55 Å². The van der Waals surface area contributed by atoms with E-state index in [1.807, 2.05) is 23.7 Å². The number of hydrogen-bond acceptors (Lipinski definition) is 3. The van der Waals surface area contributed by atoms with E-state index < -0.39 is 0 Å². The fourth-order valence-electron chi connectivity index (χ4n) is 1.28. The van der Waals surface area contributed by atoms with Gasteiger partial charge in [-0.2, -0.15) is 0 Å². The summed E-state index contributed by atoms with van der Waals surface area (Å²) in [6, 6.07) is 3.69. The van der Waals surface area contributed by atoms with Crippen LogP contribution in [-0.4, -0.2) is 15.8 Å². The third-order valence-corrected chi connectivity index (χ3v) is 3.12. The van der Waals surface area contributed by atoms with Crippen LogP contribution in [0.2, 0.25) is 4.34 Å². The Balaban J connectivity index is 2.59. The van der Waals surface area contributed by atoms with Gasteiger partial charge < -0.3 is 4.57 Å². The number of halogens is 1. The Kier molecular flexibility index (Phi) is 2.39. The lowest BCUT2D eigenvalue weighted by Crippen LogP contribution is -1.90. The predicted octanol–water partition coefficient (Wildman–Crippen LogP) is 2.61. The lowest BCUT2D eigenvalue weighted by atomic mass is 10.3. The van der Waals surface area contributed by atoms with E-state index in [0.717, 1.165) is 16.9 Å². The first-order valence-corrected chi connectivity index (χ1v) is 5.14. The molecule has 2 heterocycles. The molecule has 0 amide bonds. The van der Waals surface area contributed by atoms with Gasteiger partial charge in [0, 0.05) is 7.05 Å². The van der Waals surface area contributed by atoms with E-state index in [1.54, 1.807) is 6.33 Å². The Morgan fingerprint density at radius 1 is 1.57 bits per heavy atom. The van der Waals surface area contributed by atoms with Crippen molar-refractivity contribution in [3.63, 3.8) is 0 Å². The second kappa shape index (κ2) is 3.55. The van der Waals surface area contributed by atoms with E-state index in [2.05, 4.69) is 4.98 Å². The summed E-state index contributed by atoms with van der Waals surface area (Å²) in [7, 11) is 1.85. The summed E-state index contributed by atoms with van der Waals surface area (Å²) in [5, 5.41) is 0. The van der Waals surface area contributed by atoms with Crippen LogP contribution < -0.4 is 0 Å². The Hall–Kier alpha value is -1.13. The lowest BCUT2D eigenvalue weighted by molar-refractivity contribution is 0.112. The minimum Gasteiger partial charge on any atom is -0.332 e. The van der Waals surface area contributed by atoms with Crippen molar-refractivity contribution < 1.29 is 4.79 Å². The number of rotatable bonds is 2. The molecular weight excluding hydrogens is 220 g/mol. The molecule has 0 aliphatic heterocycles. The van der Waals surface area contributed by atoms with Crippen molar-refractivity contribution in [2.45, 2.75) is 0 Å². The summed E-state index contributed by atoms with van der Waals surface area (Å²) >= 11 is 7.26. The number of hydrogen-bond donors (Lipinski definition) is 0. The van der Waals surface area contributed by atoms with Crippen molar-refractivity contribution in [1.29, 1.82) is 0 Å². The van der Waals surface area contributed by atoms with Crippen molar-refractivity contribution >= 4 is 29.2 Å². The molecule has 14 heavy (non-hydrogen) atoms. The van der Waals surface area contributed by atoms with Gasteiger partial charge in [-0.3, -0.25) is 4.79 Å². The summed E-state index contributed by atoms with van der Waals surface area (Å²) in [5.74, 6) is 0. The molecule has 0 aliphatic rings. The van der Waals surface area contributed by atoms with Crippen LogP contribution in [0.1, 0.15) is 10.5 Å². The molecule has 2 aromatic rings. The molecule has 0 aliphatic carbocycles. The first-order chi connectivity index (χ1) is 6.72. The fraction of sp³-hybridized carbons (Fsp3) is 0.111. The van der Waals surface area contributed by atoms with Gasteiger partial charge in [0.25, 0.3) is 0 Å². The quantitative estimate of drug-likeness (QED) is 0.738. The molecule has 2 rings (SSSR count). The molecule has 0 spiro atoms. The smallest absolute Gasteiger partial charge is 0.170 e. The first-order valence-electron chi connectivity index (χ1n) is 3.94. The number of aromatic nitrogens is 2. The van der Waals surface area contributed by atoms with E-state index >= 15 is 0 Å². The Morgan fingerprint density at radius 3 is 2.93 bits per heavy atom. The first kappa shape index (κ1) is 9.43. The number of carbonyl (C=O) groups excluding carboxylic acids is 1. The van der Waals surface area contributed by atoms with Crippen molar-refractivity contribution in [2.75, 3.05) is 0 Å². The highest BCUT2D eigenvalue weighted by Gasteiger charge is 2.11. The van der Waals surface area contributed by atoms with E-state index in [1.165, 1.54) is 11.3 Å². The molecule has 0 atom stereocenters. The Bertz CT molecular complexity index is 475. The molecule has 0 aromatic carbocycles. The molecule has 0 saturated heterocycles. The third kappa shape index (κ3) is 1.47. The van der Waals surface area contributed by atoms with Crippen LogP contribution >= 0.6 is 22.9 Å². The van der Waals surface area contributed by atoms with E-state index in [9.17, 15) is 4.79 Å². The highest BCUT2D eigenvalue weighted by atomic mass is 35.5. The lowest BCUT2D eigenvalue weighted by Gasteiger charge is -1.98. The highest BCUT2D eigenvalue weighted by molar-refractivity contribution is 7.19. The number of aryl methyl sites for hydroxylation is 1. The molecule has 0 N–H and O–H groups in total. The molecule has 0 unspecified atom stereocenters. The molecule has 0 saturated carbocycles. The van der Waals surface area contributed by atoms with Crippen molar-refractivity contribution in [2.24, 2.45) is 7.05 Å². The number of nitrogens with zero attached hydrogens (tertiary/aromatic N) is 2. The minimum absolute atomic E-state index is 0.450. The molecule has 3 nitrogen and oxygen atoms in total. The summed E-state index contributed by atoms with van der Waals surface area (Å²) in [4.78, 5) is 15.7. The molecular formula is C9H7ClN2OS. The van der Waals surface area contributed by atoms with Gasteiger partial charge in [-0.25, -0.2) is 4.98 Å². The largest absolute Gasteiger partial charge is 0.332 e. The van der Waals surface area contributed by atoms with Gasteiger partial charge in [0.15, 0.2) is 6.29 Å². The molecule has 0 bridgehead atoms. The van der Waals surface area contributed by atoms with Crippen LogP contribution in [0.4, 0.5) is 0 Å². The van der Waals surface area contributed by atoms with Gasteiger partial charge in [-0.1, -0.05) is 11.6 Å². The summed E-state index contributed by atoms with van der Waals surface area (Å²) in [5.41, 5.74) is 1.27. The topological polar surface area (TPSA) is 34.9 Å². The molecule has 0 radical (unpaired) electrons. The monoisotopic (exact) mass is 226 g/mol. The van der Waals surface area contributed by atoms with Crippen molar-refractivity contribution in [3.8, 4) is 10.6 Å². The minimum atomic E-state index is 0.450. The van der Waals surface area contributed by atoms with Crippen molar-refractivity contribution in [3.05, 3.63) is 28.5 Å². The average Bonchev–Trinajstić information content (AvgIpc) is 2.71. The van der Waals surface area contributed by atoms with Crippen LogP contribution in [-0.2, 0) is 7.05 Å². The number of thiophene rings is 1. The van der Waals surface area contributed by atoms with Crippen LogP contribution in [0.25, 0.3) is 10.6 Å². The molecule has 5 heteroatoms. The Morgan fingerprint density at radius 2 is 2.36 bits per heavy atom. The van der Waals surface area contributed by atoms with Gasteiger partial charge in [0.1, 0.15) is 5.69 Å². The second-order valence-corrected chi connectivity index (χ2v) is 4.53. The second-order valence-electron chi connectivity index (χ2n) is 2.81. The third-order valence-electron chi connectivity index (χ3n) is 1.88. The van der Waals surface area contributed by atoms with Crippen LogP contribution in [0, 0.1) is 0 Å². The van der Waals surface area contributed by atoms with Crippen LogP contribution in [0.15, 0.2) is 18.5 Å². The maximum Gasteiger partial charge on any atom is 0.170 e. The number of carbonyl (C=O) groups is 1. The van der Waals surface area contributed by atoms with Gasteiger partial charge in [-0.15, -0.1) is 11.3 Å². The number of imidazole rings is 1. The standard InChI is InChI=1S/C9H7ClN2OS/c1-12-5-11-6(4-13)9(12)7-2-3-8(10)14-7/h2-5H,1H3. The van der Waals surface area contributed by atoms with Crippen LogP contribution in [0.5, 0.6) is 0 Å². The predicted molar refractivity (Wildman–Crippen MR) is 56.9 cm³/mol. The zero-order valence-corrected chi connectivity index (χ0v) is 8.97. The zero-order chi connectivity index (χ0) is 10.1. The summed E-state index contributed by atoms with van der Waals surface area (Å²) in [6.45, 7) is 0. The van der Waals surface area contributed by atoms with E-state index in [-0.39, 0.29) is 0 Å². The molecule has 0 fully saturated rings. The van der Waals surface area contributed by atoms with Gasteiger partial charge in [0.2, 0.25) is 0 Å². The van der Waals surface area contributed by atoms with Gasteiger partial charge in [0.05, 0.1) is 21.2 Å². The summed E-state index contributed by atoms with van der Waals surface area (Å²) in [6.07, 6.45) is 2.37. The average molecular weight is 227 g/mol. The molecule has 2 aromatic heterocycles. The highest BCUT2D eigenvalue weighted by Crippen LogP contribution is 2.31. The maximum atomic E-state index is 10.7. The molecule has 72 valence electrons. The van der Waals surface area contributed by atoms with Gasteiger partial charge in [-0.05, 0) is 12.1 Å². The number of aldehydes is 1. The van der Waals surface area contributed by atoms with Gasteiger partial charge >= 0.3 is 0 Å². The fourth-order valence-corrected chi connectivity index (χ4v) is 2.42. The van der Waals surface area contributed by atoms with E-state index in [4.69, 9.17) is 11.6 Å². The normalized spacial score (nSPS) is 10.4.